The van der Waals surface area contributed by atoms with Crippen molar-refractivity contribution in [3.63, 3.8) is 0 Å². The number of fused-ring (bicyclic) bond motifs is 1. The van der Waals surface area contributed by atoms with Crippen LogP contribution in [0.25, 0.3) is 26.5 Å². The molecule has 0 fully saturated rings. The maximum absolute atomic E-state index is 12.9. The summed E-state index contributed by atoms with van der Waals surface area (Å²) >= 11 is 1.41. The number of carbonyl (C=O) groups excluding carboxylic acids is 1. The van der Waals surface area contributed by atoms with Crippen molar-refractivity contribution in [3.05, 3.63) is 81.7 Å². The molecule has 23 heavy (non-hydrogen) atoms. The van der Waals surface area contributed by atoms with E-state index in [0.29, 0.717) is 21.1 Å². The molecular weight excluding hydrogens is 304 g/mol. The Hall–Kier alpha value is -2.65. The molecule has 4 aromatic carbocycles. The van der Waals surface area contributed by atoms with E-state index in [1.807, 2.05) is 60.7 Å². The van der Waals surface area contributed by atoms with Crippen molar-refractivity contribution in [1.82, 2.24) is 0 Å². The van der Waals surface area contributed by atoms with Crippen molar-refractivity contribution in [2.75, 3.05) is 0 Å². The fourth-order valence-electron chi connectivity index (χ4n) is 3.41. The number of rotatable bonds is 0. The van der Waals surface area contributed by atoms with E-state index in [4.69, 9.17) is 0 Å². The largest absolute Gasteiger partial charge is 0.289 e. The van der Waals surface area contributed by atoms with Gasteiger partial charge < -0.3 is 0 Å². The SMILES string of the molecule is O=C1/C(=c2/c(=O)c3cccc4cccc2c43)Sc2ccccc21. The molecule has 0 saturated carbocycles. The predicted octanol–water partition coefficient (Wildman–Crippen LogP) is 3.61. The minimum Gasteiger partial charge on any atom is -0.289 e. The second kappa shape index (κ2) is 4.43. The Balaban J connectivity index is 2.00. The number of Topliss-reactive ketones (excluding diaryl/α,β-unsaturated/α-hetero) is 1. The molecule has 0 aliphatic carbocycles. The lowest BCUT2D eigenvalue weighted by atomic mass is 10.1. The van der Waals surface area contributed by atoms with Crippen LogP contribution in [0.4, 0.5) is 0 Å². The number of thioether (sulfide) groups is 1. The van der Waals surface area contributed by atoms with Crippen molar-refractivity contribution in [2.45, 2.75) is 4.90 Å². The monoisotopic (exact) mass is 314 g/mol. The summed E-state index contributed by atoms with van der Waals surface area (Å²) in [5, 5.41) is 4.14. The zero-order valence-electron chi connectivity index (χ0n) is 12.0. The van der Waals surface area contributed by atoms with Crippen LogP contribution in [0.2, 0.25) is 0 Å². The topological polar surface area (TPSA) is 34.1 Å². The molecule has 1 aliphatic rings. The molecule has 3 heteroatoms. The second-order valence-corrected chi connectivity index (χ2v) is 6.72. The zero-order valence-corrected chi connectivity index (χ0v) is 12.8. The van der Waals surface area contributed by atoms with E-state index in [9.17, 15) is 9.59 Å². The Morgan fingerprint density at radius 1 is 0.739 bits per heavy atom. The lowest BCUT2D eigenvalue weighted by Crippen LogP contribution is -2.23. The molecule has 0 unspecified atom stereocenters. The van der Waals surface area contributed by atoms with Crippen molar-refractivity contribution < 1.29 is 4.79 Å². The Bertz CT molecular complexity index is 1220. The van der Waals surface area contributed by atoms with Gasteiger partial charge in [-0.05, 0) is 22.9 Å². The van der Waals surface area contributed by atoms with Gasteiger partial charge in [0.25, 0.3) is 0 Å². The van der Waals surface area contributed by atoms with Crippen LogP contribution in [-0.2, 0) is 0 Å². The zero-order chi connectivity index (χ0) is 15.6. The lowest BCUT2D eigenvalue weighted by molar-refractivity contribution is 0.105. The van der Waals surface area contributed by atoms with Crippen molar-refractivity contribution in [1.29, 1.82) is 0 Å². The summed E-state index contributed by atoms with van der Waals surface area (Å²) < 4.78 is 0. The smallest absolute Gasteiger partial charge is 0.201 e. The fraction of sp³-hybridized carbons (Fsp3) is 0. The maximum Gasteiger partial charge on any atom is 0.201 e. The van der Waals surface area contributed by atoms with Gasteiger partial charge in [0.05, 0.1) is 4.91 Å². The standard InChI is InChI=1S/C20H10O2S/c21-18-14-9-4-6-11-5-3-8-13(16(11)14)17(18)20-19(22)12-7-1-2-10-15(12)23-20/h1-10H/b20-17-. The first kappa shape index (κ1) is 12.9. The molecule has 0 atom stereocenters. The molecule has 108 valence electrons. The van der Waals surface area contributed by atoms with Crippen LogP contribution >= 0.6 is 11.8 Å². The molecule has 0 aromatic heterocycles. The van der Waals surface area contributed by atoms with Crippen LogP contribution < -0.4 is 10.6 Å². The van der Waals surface area contributed by atoms with Crippen molar-refractivity contribution in [2.24, 2.45) is 0 Å². The number of carbonyl (C=O) groups is 1. The van der Waals surface area contributed by atoms with Gasteiger partial charge in [0.15, 0.2) is 5.43 Å². The van der Waals surface area contributed by atoms with Crippen LogP contribution in [0.15, 0.2) is 70.4 Å². The van der Waals surface area contributed by atoms with Crippen LogP contribution in [0, 0.1) is 0 Å². The molecule has 0 bridgehead atoms. The Morgan fingerprint density at radius 3 is 2.26 bits per heavy atom. The Kier molecular flexibility index (Phi) is 2.48. The van der Waals surface area contributed by atoms with Crippen LogP contribution in [0.1, 0.15) is 10.4 Å². The molecule has 1 aliphatic heterocycles. The number of hydrogen-bond donors (Lipinski definition) is 0. The Labute approximate surface area is 135 Å². The molecule has 0 radical (unpaired) electrons. The van der Waals surface area contributed by atoms with Crippen molar-refractivity contribution in [3.8, 4) is 0 Å². The van der Waals surface area contributed by atoms with E-state index in [0.717, 1.165) is 21.1 Å². The van der Waals surface area contributed by atoms with Gasteiger partial charge in [0, 0.05) is 26.5 Å². The Morgan fingerprint density at radius 2 is 1.48 bits per heavy atom. The van der Waals surface area contributed by atoms with E-state index in [1.165, 1.54) is 11.8 Å². The van der Waals surface area contributed by atoms with Gasteiger partial charge in [0.2, 0.25) is 5.78 Å². The molecule has 0 spiro atoms. The number of benzene rings is 3. The summed E-state index contributed by atoms with van der Waals surface area (Å²) in [7, 11) is 0. The summed E-state index contributed by atoms with van der Waals surface area (Å²) in [6.45, 7) is 0. The molecule has 0 N–H and O–H groups in total. The van der Waals surface area contributed by atoms with E-state index >= 15 is 0 Å². The highest BCUT2D eigenvalue weighted by Gasteiger charge is 2.28. The van der Waals surface area contributed by atoms with Gasteiger partial charge in [-0.15, -0.1) is 0 Å². The summed E-state index contributed by atoms with van der Waals surface area (Å²) in [6, 6.07) is 19.2. The van der Waals surface area contributed by atoms with Gasteiger partial charge in [-0.3, -0.25) is 9.59 Å². The third-order valence-corrected chi connectivity index (χ3v) is 5.59. The van der Waals surface area contributed by atoms with Crippen molar-refractivity contribution >= 4 is 44.0 Å². The lowest BCUT2D eigenvalue weighted by Gasteiger charge is -1.97. The fourth-order valence-corrected chi connectivity index (χ4v) is 4.55. The maximum atomic E-state index is 12.9. The number of ketones is 1. The van der Waals surface area contributed by atoms with E-state index in [-0.39, 0.29) is 11.2 Å². The average Bonchev–Trinajstić information content (AvgIpc) is 3.06. The molecule has 4 aromatic rings. The molecule has 5 rings (SSSR count). The second-order valence-electron chi connectivity index (χ2n) is 5.67. The quantitative estimate of drug-likeness (QED) is 0.497. The molecule has 1 heterocycles. The third kappa shape index (κ3) is 1.60. The van der Waals surface area contributed by atoms with E-state index in [2.05, 4.69) is 0 Å². The van der Waals surface area contributed by atoms with Gasteiger partial charge in [-0.1, -0.05) is 60.3 Å². The summed E-state index contributed by atoms with van der Waals surface area (Å²) in [6.07, 6.45) is 0. The molecular formula is C20H10O2S. The van der Waals surface area contributed by atoms with Crippen LogP contribution in [-0.4, -0.2) is 5.78 Å². The summed E-state index contributed by atoms with van der Waals surface area (Å²) in [5.74, 6) is -0.0428. The van der Waals surface area contributed by atoms with Gasteiger partial charge in [0.1, 0.15) is 0 Å². The average molecular weight is 314 g/mol. The van der Waals surface area contributed by atoms with E-state index in [1.54, 1.807) is 0 Å². The highest BCUT2D eigenvalue weighted by Crippen LogP contribution is 2.40. The molecule has 0 amide bonds. The first-order valence-corrected chi connectivity index (χ1v) is 8.20. The highest BCUT2D eigenvalue weighted by atomic mass is 32.2. The molecule has 0 saturated heterocycles. The summed E-state index contributed by atoms with van der Waals surface area (Å²) in [4.78, 5) is 27.2. The summed E-state index contributed by atoms with van der Waals surface area (Å²) in [5.41, 5.74) is 0.649. The van der Waals surface area contributed by atoms with E-state index < -0.39 is 0 Å². The van der Waals surface area contributed by atoms with Gasteiger partial charge >= 0.3 is 0 Å². The number of hydrogen-bond acceptors (Lipinski definition) is 3. The minimum atomic E-state index is -0.0428. The third-order valence-electron chi connectivity index (χ3n) is 4.42. The first-order valence-electron chi connectivity index (χ1n) is 7.38. The van der Waals surface area contributed by atoms with Crippen LogP contribution in [0.5, 0.6) is 0 Å². The minimum absolute atomic E-state index is 0.0412. The highest BCUT2D eigenvalue weighted by molar-refractivity contribution is 8.10. The van der Waals surface area contributed by atoms with Gasteiger partial charge in [-0.25, -0.2) is 0 Å². The predicted molar refractivity (Wildman–Crippen MR) is 94.2 cm³/mol. The van der Waals surface area contributed by atoms with Crippen LogP contribution in [0.3, 0.4) is 0 Å². The van der Waals surface area contributed by atoms with Gasteiger partial charge in [-0.2, -0.15) is 0 Å². The normalized spacial score (nSPS) is 16.4. The molecule has 2 nitrogen and oxygen atoms in total. The first-order chi connectivity index (χ1) is 11.3.